The van der Waals surface area contributed by atoms with Gasteiger partial charge in [0.2, 0.25) is 7.37 Å². The molecule has 0 bridgehead atoms. The lowest BCUT2D eigenvalue weighted by Gasteiger charge is -2.15. The molecule has 1 aromatic rings. The monoisotopic (exact) mass is 228 g/mol. The Morgan fingerprint density at radius 3 is 2.47 bits per heavy atom. The molecule has 0 spiro atoms. The van der Waals surface area contributed by atoms with Crippen molar-refractivity contribution in [1.29, 1.82) is 0 Å². The van der Waals surface area contributed by atoms with Crippen LogP contribution in [-0.2, 0) is 13.9 Å². The number of benzene rings is 1. The molecule has 15 heavy (non-hydrogen) atoms. The van der Waals surface area contributed by atoms with Crippen LogP contribution in [0.25, 0.3) is 0 Å². The first kappa shape index (κ1) is 12.0. The van der Waals surface area contributed by atoms with Crippen LogP contribution >= 0.6 is 7.37 Å². The van der Waals surface area contributed by atoms with E-state index in [1.54, 1.807) is 37.3 Å². The molecule has 0 saturated heterocycles. The highest BCUT2D eigenvalue weighted by Crippen LogP contribution is 2.45. The van der Waals surface area contributed by atoms with E-state index in [1.165, 1.54) is 0 Å². The standard InChI is InChI=1S/C10H13O4P/c1-2-14-15(13,8-10(11)12)9-6-4-3-5-7-9/h3-7H,2,8H2,1H3,(H,11,12)/t15-/m0/s1. The summed E-state index contributed by atoms with van der Waals surface area (Å²) in [5.41, 5.74) is 0. The number of aliphatic carboxylic acids is 1. The first-order chi connectivity index (χ1) is 7.08. The number of hydrogen-bond acceptors (Lipinski definition) is 3. The van der Waals surface area contributed by atoms with Crippen molar-refractivity contribution in [3.05, 3.63) is 30.3 Å². The second kappa shape index (κ2) is 5.10. The van der Waals surface area contributed by atoms with Gasteiger partial charge in [0.15, 0.2) is 0 Å². The third-order valence-corrected chi connectivity index (χ3v) is 4.28. The van der Waals surface area contributed by atoms with Crippen LogP contribution in [0.3, 0.4) is 0 Å². The van der Waals surface area contributed by atoms with Crippen LogP contribution < -0.4 is 5.30 Å². The van der Waals surface area contributed by atoms with Gasteiger partial charge in [-0.15, -0.1) is 0 Å². The molecule has 0 radical (unpaired) electrons. The molecule has 0 fully saturated rings. The van der Waals surface area contributed by atoms with E-state index < -0.39 is 19.5 Å². The number of rotatable bonds is 5. The summed E-state index contributed by atoms with van der Waals surface area (Å²) < 4.78 is 17.3. The molecular formula is C10H13O4P. The Labute approximate surface area is 88.3 Å². The van der Waals surface area contributed by atoms with E-state index in [1.807, 2.05) is 0 Å². The second-order valence-electron chi connectivity index (χ2n) is 2.98. The topological polar surface area (TPSA) is 63.6 Å². The first-order valence-corrected chi connectivity index (χ1v) is 6.40. The van der Waals surface area contributed by atoms with Crippen LogP contribution in [0.5, 0.6) is 0 Å². The van der Waals surface area contributed by atoms with Gasteiger partial charge in [-0.25, -0.2) is 0 Å². The molecule has 5 heteroatoms. The zero-order valence-electron chi connectivity index (χ0n) is 8.42. The summed E-state index contributed by atoms with van der Waals surface area (Å²) in [6.07, 6.45) is -0.467. The molecule has 0 amide bonds. The van der Waals surface area contributed by atoms with Gasteiger partial charge in [0.1, 0.15) is 6.16 Å². The summed E-state index contributed by atoms with van der Waals surface area (Å²) in [5.74, 6) is -1.12. The third-order valence-electron chi connectivity index (χ3n) is 1.83. The molecule has 1 atom stereocenters. The Hall–Kier alpha value is -1.12. The minimum Gasteiger partial charge on any atom is -0.481 e. The van der Waals surface area contributed by atoms with E-state index in [0.717, 1.165) is 0 Å². The fourth-order valence-electron chi connectivity index (χ4n) is 1.25. The summed E-state index contributed by atoms with van der Waals surface area (Å²) in [5, 5.41) is 9.14. The van der Waals surface area contributed by atoms with Crippen molar-refractivity contribution in [2.75, 3.05) is 12.8 Å². The average Bonchev–Trinajstić information content (AvgIpc) is 2.18. The highest BCUT2D eigenvalue weighted by Gasteiger charge is 2.28. The molecule has 0 heterocycles. The third kappa shape index (κ3) is 3.18. The first-order valence-electron chi connectivity index (χ1n) is 4.59. The van der Waals surface area contributed by atoms with Crippen LogP contribution in [0, 0.1) is 0 Å². The second-order valence-corrected chi connectivity index (χ2v) is 5.42. The smallest absolute Gasteiger partial charge is 0.313 e. The molecule has 0 aliphatic heterocycles. The number of carbonyl (C=O) groups is 1. The van der Waals surface area contributed by atoms with E-state index in [9.17, 15) is 9.36 Å². The molecule has 0 aromatic heterocycles. The van der Waals surface area contributed by atoms with Crippen molar-refractivity contribution in [3.63, 3.8) is 0 Å². The minimum atomic E-state index is -3.23. The normalized spacial score (nSPS) is 14.5. The minimum absolute atomic E-state index is 0.236. The van der Waals surface area contributed by atoms with E-state index in [2.05, 4.69) is 0 Å². The fraction of sp³-hybridized carbons (Fsp3) is 0.300. The summed E-state index contributed by atoms with van der Waals surface area (Å²) in [6, 6.07) is 8.45. The summed E-state index contributed by atoms with van der Waals surface area (Å²) >= 11 is 0. The van der Waals surface area contributed by atoms with Gasteiger partial charge in [-0.2, -0.15) is 0 Å². The summed E-state index contributed by atoms with van der Waals surface area (Å²) in [7, 11) is -3.23. The van der Waals surface area contributed by atoms with Gasteiger partial charge in [0, 0.05) is 5.30 Å². The molecule has 0 aliphatic carbocycles. The molecule has 82 valence electrons. The number of carboxylic acid groups (broad SMARTS) is 1. The van der Waals surface area contributed by atoms with Gasteiger partial charge in [0.05, 0.1) is 6.61 Å². The van der Waals surface area contributed by atoms with Crippen LogP contribution in [0.4, 0.5) is 0 Å². The molecular weight excluding hydrogens is 215 g/mol. The van der Waals surface area contributed by atoms with E-state index in [-0.39, 0.29) is 6.61 Å². The van der Waals surface area contributed by atoms with E-state index >= 15 is 0 Å². The molecule has 1 aromatic carbocycles. The van der Waals surface area contributed by atoms with E-state index in [4.69, 9.17) is 9.63 Å². The van der Waals surface area contributed by atoms with Crippen molar-refractivity contribution in [2.24, 2.45) is 0 Å². The zero-order valence-corrected chi connectivity index (χ0v) is 9.31. The summed E-state index contributed by atoms with van der Waals surface area (Å²) in [4.78, 5) is 10.6. The molecule has 0 unspecified atom stereocenters. The van der Waals surface area contributed by atoms with Crippen LogP contribution in [0.1, 0.15) is 6.92 Å². The lowest BCUT2D eigenvalue weighted by molar-refractivity contribution is -0.134. The molecule has 1 rings (SSSR count). The maximum absolute atomic E-state index is 12.2. The van der Waals surface area contributed by atoms with Crippen molar-refractivity contribution in [1.82, 2.24) is 0 Å². The molecule has 4 nitrogen and oxygen atoms in total. The van der Waals surface area contributed by atoms with Gasteiger partial charge >= 0.3 is 5.97 Å². The van der Waals surface area contributed by atoms with Gasteiger partial charge in [-0.1, -0.05) is 18.2 Å². The Morgan fingerprint density at radius 2 is 2.00 bits per heavy atom. The Kier molecular flexibility index (Phi) is 4.06. The van der Waals surface area contributed by atoms with Crippen molar-refractivity contribution >= 4 is 18.6 Å². The van der Waals surface area contributed by atoms with Crippen LogP contribution in [-0.4, -0.2) is 23.8 Å². The largest absolute Gasteiger partial charge is 0.481 e. The highest BCUT2D eigenvalue weighted by atomic mass is 31.2. The maximum atomic E-state index is 12.2. The molecule has 1 N–H and O–H groups in total. The van der Waals surface area contributed by atoms with Gasteiger partial charge in [-0.3, -0.25) is 9.36 Å². The van der Waals surface area contributed by atoms with Gasteiger partial charge in [-0.05, 0) is 19.1 Å². The summed E-state index contributed by atoms with van der Waals surface area (Å²) in [6.45, 7) is 1.93. The van der Waals surface area contributed by atoms with Crippen molar-refractivity contribution in [3.8, 4) is 0 Å². The van der Waals surface area contributed by atoms with Crippen LogP contribution in [0.15, 0.2) is 30.3 Å². The van der Waals surface area contributed by atoms with Gasteiger partial charge < -0.3 is 9.63 Å². The SMILES string of the molecule is CCO[P@@](=O)(CC(=O)O)c1ccccc1. The van der Waals surface area contributed by atoms with Gasteiger partial charge in [0.25, 0.3) is 0 Å². The zero-order chi connectivity index (χ0) is 11.3. The average molecular weight is 228 g/mol. The Balaban J connectivity index is 3.01. The predicted molar refractivity (Wildman–Crippen MR) is 57.8 cm³/mol. The molecule has 0 saturated carbocycles. The Morgan fingerprint density at radius 1 is 1.40 bits per heavy atom. The quantitative estimate of drug-likeness (QED) is 0.779. The van der Waals surface area contributed by atoms with Crippen molar-refractivity contribution in [2.45, 2.75) is 6.92 Å². The predicted octanol–water partition coefficient (Wildman–Crippen LogP) is 1.71. The Bertz CT molecular complexity index is 374. The maximum Gasteiger partial charge on any atom is 0.313 e. The fourth-order valence-corrected chi connectivity index (χ4v) is 3.08. The number of hydrogen-bond donors (Lipinski definition) is 1. The lowest BCUT2D eigenvalue weighted by Crippen LogP contribution is -2.15. The van der Waals surface area contributed by atoms with Crippen LogP contribution in [0.2, 0.25) is 0 Å². The lowest BCUT2D eigenvalue weighted by atomic mass is 10.4. The van der Waals surface area contributed by atoms with Crippen molar-refractivity contribution < 1.29 is 19.0 Å². The number of carboxylic acids is 1. The van der Waals surface area contributed by atoms with E-state index in [0.29, 0.717) is 5.30 Å². The molecule has 0 aliphatic rings. The highest BCUT2D eigenvalue weighted by molar-refractivity contribution is 7.67.